The minimum Gasteiger partial charge on any atom is -0.444 e. The Morgan fingerprint density at radius 1 is 0.518 bits per heavy atom. The second-order valence-corrected chi connectivity index (χ2v) is 24.6. The van der Waals surface area contributed by atoms with Crippen molar-refractivity contribution in [3.05, 3.63) is 58.7 Å². The normalized spacial score (nSPS) is 22.5. The quantitative estimate of drug-likeness (QED) is 0.0831. The number of piperidine rings is 6. The van der Waals surface area contributed by atoms with E-state index in [1.807, 2.05) is 25.7 Å². The van der Waals surface area contributed by atoms with Crippen LogP contribution < -0.4 is 26.6 Å². The lowest BCUT2D eigenvalue weighted by Crippen LogP contribution is -2.54. The molecule has 0 radical (unpaired) electrons. The van der Waals surface area contributed by atoms with Crippen molar-refractivity contribution >= 4 is 64.7 Å². The molecule has 2 aromatic rings. The Hall–Kier alpha value is -6.41. The number of anilines is 2. The molecule has 24 heteroatoms. The first-order valence-corrected chi connectivity index (χ1v) is 30.5. The zero-order valence-electron chi connectivity index (χ0n) is 49.7. The third kappa shape index (κ3) is 16.4. The predicted octanol–water partition coefficient (Wildman–Crippen LogP) is 3.64. The predicted molar refractivity (Wildman–Crippen MR) is 312 cm³/mol. The molecule has 2 atom stereocenters. The van der Waals surface area contributed by atoms with E-state index in [-0.39, 0.29) is 54.0 Å². The zero-order chi connectivity index (χ0) is 60.1. The van der Waals surface area contributed by atoms with Crippen LogP contribution in [-0.4, -0.2) is 227 Å². The van der Waals surface area contributed by atoms with Crippen LogP contribution in [0.5, 0.6) is 0 Å². The van der Waals surface area contributed by atoms with Crippen LogP contribution in [0, 0.1) is 10.8 Å². The fourth-order valence-corrected chi connectivity index (χ4v) is 12.7. The number of fused-ring (bicyclic) bond motifs is 2. The van der Waals surface area contributed by atoms with E-state index in [2.05, 4.69) is 36.4 Å². The van der Waals surface area contributed by atoms with Gasteiger partial charge in [-0.1, -0.05) is 0 Å². The van der Waals surface area contributed by atoms with Gasteiger partial charge < -0.3 is 54.3 Å². The Kier molecular flexibility index (Phi) is 21.4. The Morgan fingerprint density at radius 3 is 1.32 bits per heavy atom. The van der Waals surface area contributed by atoms with Gasteiger partial charge in [0.2, 0.25) is 23.6 Å². The highest BCUT2D eigenvalue weighted by Gasteiger charge is 2.47. The van der Waals surface area contributed by atoms with Crippen molar-refractivity contribution in [1.29, 1.82) is 0 Å². The highest BCUT2D eigenvalue weighted by Crippen LogP contribution is 2.42. The molecule has 6 saturated heterocycles. The van der Waals surface area contributed by atoms with Gasteiger partial charge in [0.25, 0.3) is 23.6 Å². The number of hydrogen-bond donors (Lipinski definition) is 5. The number of benzene rings is 2. The van der Waals surface area contributed by atoms with Crippen molar-refractivity contribution in [2.45, 2.75) is 116 Å². The van der Waals surface area contributed by atoms with Gasteiger partial charge in [-0.05, 0) is 171 Å². The second kappa shape index (κ2) is 28.9. The number of likely N-dealkylation sites (tertiary alicyclic amines) is 3. The molecule has 85 heavy (non-hydrogen) atoms. The lowest BCUT2D eigenvalue weighted by molar-refractivity contribution is -0.137. The van der Waals surface area contributed by atoms with Crippen LogP contribution in [0.25, 0.3) is 0 Å². The second-order valence-electron chi connectivity index (χ2n) is 24.6. The summed E-state index contributed by atoms with van der Waals surface area (Å²) in [6.45, 7) is 21.2. The fraction of sp³-hybridized carbons (Fsp3) is 0.656. The van der Waals surface area contributed by atoms with Crippen LogP contribution in [0.3, 0.4) is 0 Å². The number of ether oxygens (including phenoxy) is 5. The molecule has 5 N–H and O–H groups in total. The number of hydrogen-bond acceptors (Lipinski definition) is 19. The van der Waals surface area contributed by atoms with Gasteiger partial charge in [-0.15, -0.1) is 0 Å². The summed E-state index contributed by atoms with van der Waals surface area (Å²) in [6, 6.07) is 7.91. The van der Waals surface area contributed by atoms with Crippen LogP contribution in [0.4, 0.5) is 16.2 Å². The lowest BCUT2D eigenvalue weighted by atomic mass is 9.71. The first kappa shape index (κ1) is 63.1. The minimum atomic E-state index is -0.980. The Bertz CT molecular complexity index is 2750. The van der Waals surface area contributed by atoms with Gasteiger partial charge in [0, 0.05) is 63.5 Å². The molecule has 6 fully saturated rings. The minimum absolute atomic E-state index is 0.0841. The van der Waals surface area contributed by atoms with E-state index in [1.165, 1.54) is 38.8 Å². The molecule has 8 aliphatic heterocycles. The number of amides is 9. The average molecular weight is 1180 g/mol. The number of rotatable bonds is 22. The Balaban J connectivity index is 0.000000206. The topological polar surface area (TPSA) is 276 Å². The third-order valence-corrected chi connectivity index (χ3v) is 17.9. The fourth-order valence-electron chi connectivity index (χ4n) is 12.7. The van der Waals surface area contributed by atoms with Crippen LogP contribution >= 0.6 is 0 Å². The van der Waals surface area contributed by atoms with E-state index >= 15 is 0 Å². The van der Waals surface area contributed by atoms with Gasteiger partial charge in [0.05, 0.1) is 75.1 Å². The van der Waals surface area contributed by atoms with Crippen LogP contribution in [0.2, 0.25) is 0 Å². The van der Waals surface area contributed by atoms with Crippen molar-refractivity contribution in [2.24, 2.45) is 10.8 Å². The van der Waals surface area contributed by atoms with Crippen molar-refractivity contribution in [1.82, 2.24) is 40.4 Å². The Morgan fingerprint density at radius 2 is 0.906 bits per heavy atom. The summed E-state index contributed by atoms with van der Waals surface area (Å²) in [5.74, 6) is -4.11. The molecule has 24 nitrogen and oxygen atoms in total. The summed E-state index contributed by atoms with van der Waals surface area (Å²) in [5, 5.41) is 14.3. The van der Waals surface area contributed by atoms with E-state index in [0.717, 1.165) is 87.8 Å². The summed E-state index contributed by atoms with van der Waals surface area (Å²) in [7, 11) is 0. The molecule has 2 unspecified atom stereocenters. The van der Waals surface area contributed by atoms with E-state index in [1.54, 1.807) is 36.4 Å². The van der Waals surface area contributed by atoms with E-state index < -0.39 is 64.9 Å². The maximum absolute atomic E-state index is 13.0. The van der Waals surface area contributed by atoms with Gasteiger partial charge in [-0.2, -0.15) is 0 Å². The summed E-state index contributed by atoms with van der Waals surface area (Å²) in [5.41, 5.74) is 2.80. The number of nitrogens with one attached hydrogen (secondary N) is 5. The molecule has 8 aliphatic rings. The van der Waals surface area contributed by atoms with E-state index in [0.29, 0.717) is 88.1 Å². The molecule has 0 bridgehead atoms. The van der Waals surface area contributed by atoms with Gasteiger partial charge in [-0.25, -0.2) is 4.79 Å². The molecular weight excluding hydrogens is 1100 g/mol. The van der Waals surface area contributed by atoms with E-state index in [9.17, 15) is 43.2 Å². The van der Waals surface area contributed by atoms with Crippen LogP contribution in [0.15, 0.2) is 36.4 Å². The van der Waals surface area contributed by atoms with Crippen molar-refractivity contribution < 1.29 is 66.8 Å². The number of nitrogens with zero attached hydrogens (tertiary/aromatic N) is 5. The molecule has 10 rings (SSSR count). The molecule has 0 aliphatic carbocycles. The molecule has 9 amide bonds. The molecule has 2 aromatic carbocycles. The summed E-state index contributed by atoms with van der Waals surface area (Å²) in [4.78, 5) is 120. The average Bonchev–Trinajstić information content (AvgIpc) is 2.61. The zero-order valence-corrected chi connectivity index (χ0v) is 49.7. The van der Waals surface area contributed by atoms with Crippen molar-refractivity contribution in [2.75, 3.05) is 142 Å². The van der Waals surface area contributed by atoms with Gasteiger partial charge in [-0.3, -0.25) is 58.8 Å². The van der Waals surface area contributed by atoms with Crippen LogP contribution in [-0.2, 0) is 42.9 Å². The standard InChI is InChI=1S/C33H47N5O8.C28H39N5O6/c1-32(2,3)46-31(43)37-15-10-33(11-16-37)8-13-36(14-9-33)17-19-45-21-20-44-18-12-34-23-4-5-24-25(22-23)30(42)38(29(24)41)26-6-7-27(39)35-28(26)40;34-24-4-3-23(25(35)31-24)33-26(36)21-2-1-20(19-22(21)27(33)37)30-11-15-38-17-18-39-16-14-32-12-7-28(8-13-32)5-9-29-10-6-28/h4-5,22,26,34H,6-21H2,1-3H3,(H,35,39,40);1-2,19,23,29-30H,3-18H2,(H,31,34,35). The lowest BCUT2D eigenvalue weighted by Gasteiger charge is -2.46. The molecule has 2 spiro atoms. The summed E-state index contributed by atoms with van der Waals surface area (Å²) >= 11 is 0. The van der Waals surface area contributed by atoms with E-state index in [4.69, 9.17) is 23.7 Å². The smallest absolute Gasteiger partial charge is 0.410 e. The molecule has 464 valence electrons. The first-order valence-electron chi connectivity index (χ1n) is 30.5. The summed E-state index contributed by atoms with van der Waals surface area (Å²) in [6.07, 6.45) is 9.86. The van der Waals surface area contributed by atoms with Gasteiger partial charge in [0.1, 0.15) is 17.7 Å². The SMILES string of the molecule is CC(C)(C)OC(=O)N1CCC2(CCN(CCOCCOCCNc3ccc4c(c3)C(=O)N(C3CCC(=O)NC3=O)C4=O)CC2)CC1.O=C1CCC(N2C(=O)c3ccc(NCCOCCOCCN4CCC5(CCNCC5)CC4)cc3C2=O)C(=O)N1. The number of carbonyl (C=O) groups is 9. The molecule has 8 heterocycles. The first-order chi connectivity index (χ1) is 40.9. The van der Waals surface area contributed by atoms with Crippen LogP contribution in [0.1, 0.15) is 139 Å². The Labute approximate surface area is 497 Å². The van der Waals surface area contributed by atoms with Gasteiger partial charge >= 0.3 is 6.09 Å². The van der Waals surface area contributed by atoms with Crippen molar-refractivity contribution in [3.8, 4) is 0 Å². The molecule has 0 saturated carbocycles. The number of carbonyl (C=O) groups excluding carboxylic acids is 9. The third-order valence-electron chi connectivity index (χ3n) is 17.9. The number of imide groups is 4. The largest absolute Gasteiger partial charge is 0.444 e. The van der Waals surface area contributed by atoms with Gasteiger partial charge in [0.15, 0.2) is 0 Å². The molecular formula is C61H86N10O14. The van der Waals surface area contributed by atoms with Crippen molar-refractivity contribution in [3.63, 3.8) is 0 Å². The molecule has 0 aromatic heterocycles. The highest BCUT2D eigenvalue weighted by molar-refractivity contribution is 6.24. The highest BCUT2D eigenvalue weighted by atomic mass is 16.6. The monoisotopic (exact) mass is 1180 g/mol. The summed E-state index contributed by atoms with van der Waals surface area (Å²) < 4.78 is 28.4. The maximum atomic E-state index is 13.0. The maximum Gasteiger partial charge on any atom is 0.410 e.